The Morgan fingerprint density at radius 2 is 2.21 bits per heavy atom. The smallest absolute Gasteiger partial charge is 0.237 e. The molecule has 19 heavy (non-hydrogen) atoms. The normalized spacial score (nSPS) is 14.0. The third-order valence-corrected chi connectivity index (χ3v) is 3.02. The number of para-hydroxylation sites is 1. The molecule has 0 bridgehead atoms. The number of nitrogens with two attached hydrogens (primary N) is 1. The number of rotatable bonds is 5. The van der Waals surface area contributed by atoms with E-state index in [2.05, 4.69) is 10.3 Å². The number of aromatic amines is 1. The quantitative estimate of drug-likeness (QED) is 0.692. The van der Waals surface area contributed by atoms with Crippen molar-refractivity contribution in [3.63, 3.8) is 0 Å². The molecule has 0 saturated carbocycles. The second-order valence-corrected chi connectivity index (χ2v) is 4.60. The van der Waals surface area contributed by atoms with Crippen molar-refractivity contribution in [1.82, 2.24) is 10.3 Å². The molecule has 1 amide bonds. The van der Waals surface area contributed by atoms with Crippen molar-refractivity contribution in [2.75, 3.05) is 0 Å². The number of nitrogens with one attached hydrogen (secondary N) is 2. The fourth-order valence-corrected chi connectivity index (χ4v) is 1.98. The number of hydrogen-bond donors (Lipinski definition) is 3. The molecule has 0 aliphatic carbocycles. The van der Waals surface area contributed by atoms with E-state index in [1.165, 1.54) is 0 Å². The Labute approximate surface area is 111 Å². The first kappa shape index (κ1) is 13.3. The molecule has 0 spiro atoms. The Kier molecular flexibility index (Phi) is 3.97. The number of benzene rings is 1. The first-order chi connectivity index (χ1) is 9.11. The lowest BCUT2D eigenvalue weighted by molar-refractivity contribution is -0.124. The zero-order valence-electron chi connectivity index (χ0n) is 10.7. The predicted molar refractivity (Wildman–Crippen MR) is 73.6 cm³/mol. The zero-order valence-corrected chi connectivity index (χ0v) is 10.7. The van der Waals surface area contributed by atoms with Gasteiger partial charge in [0.05, 0.1) is 12.1 Å². The Bertz CT molecular complexity index is 589. The standard InChI is InChI=1S/C14H17N3O2/c1-9(15)14(19)17-11(8-18)6-10-7-16-13-5-3-2-4-12(10)13/h2-5,7-9,11,16H,6,15H2,1H3,(H,17,19)/t9-,11-/m0/s1. The lowest BCUT2D eigenvalue weighted by Crippen LogP contribution is -2.45. The van der Waals surface area contributed by atoms with Crippen molar-refractivity contribution in [1.29, 1.82) is 0 Å². The van der Waals surface area contributed by atoms with Crippen LogP contribution < -0.4 is 11.1 Å². The van der Waals surface area contributed by atoms with Crippen LogP contribution in [0.2, 0.25) is 0 Å². The van der Waals surface area contributed by atoms with Crippen molar-refractivity contribution in [2.24, 2.45) is 5.73 Å². The van der Waals surface area contributed by atoms with Crippen LogP contribution in [0.15, 0.2) is 30.5 Å². The molecular weight excluding hydrogens is 242 g/mol. The molecule has 1 aromatic heterocycles. The molecule has 5 nitrogen and oxygen atoms in total. The Morgan fingerprint density at radius 1 is 1.47 bits per heavy atom. The van der Waals surface area contributed by atoms with E-state index in [1.807, 2.05) is 30.5 Å². The van der Waals surface area contributed by atoms with Crippen LogP contribution in [0, 0.1) is 0 Å². The van der Waals surface area contributed by atoms with Crippen LogP contribution in [0.5, 0.6) is 0 Å². The van der Waals surface area contributed by atoms with Gasteiger partial charge in [0.2, 0.25) is 5.91 Å². The average Bonchev–Trinajstić information content (AvgIpc) is 2.81. The summed E-state index contributed by atoms with van der Waals surface area (Å²) in [6.07, 6.45) is 3.05. The van der Waals surface area contributed by atoms with Crippen molar-refractivity contribution < 1.29 is 9.59 Å². The summed E-state index contributed by atoms with van der Waals surface area (Å²) in [5, 5.41) is 3.68. The van der Waals surface area contributed by atoms with Crippen molar-refractivity contribution in [3.05, 3.63) is 36.0 Å². The molecule has 0 unspecified atom stereocenters. The molecular formula is C14H17N3O2. The predicted octanol–water partition coefficient (Wildman–Crippen LogP) is 0.741. The number of fused-ring (bicyclic) bond motifs is 1. The Hall–Kier alpha value is -2.14. The molecule has 2 aromatic rings. The van der Waals surface area contributed by atoms with Gasteiger partial charge in [-0.05, 0) is 18.6 Å². The summed E-state index contributed by atoms with van der Waals surface area (Å²) in [4.78, 5) is 25.7. The molecule has 100 valence electrons. The number of carbonyl (C=O) groups is 2. The molecule has 0 aliphatic heterocycles. The average molecular weight is 259 g/mol. The minimum absolute atomic E-state index is 0.322. The number of H-pyrrole nitrogens is 1. The van der Waals surface area contributed by atoms with Crippen molar-refractivity contribution in [3.8, 4) is 0 Å². The van der Waals surface area contributed by atoms with Gasteiger partial charge in [-0.2, -0.15) is 0 Å². The van der Waals surface area contributed by atoms with E-state index in [0.717, 1.165) is 22.8 Å². The molecule has 0 aliphatic rings. The molecule has 5 heteroatoms. The van der Waals surface area contributed by atoms with Crippen LogP contribution >= 0.6 is 0 Å². The minimum atomic E-state index is -0.620. The number of aromatic nitrogens is 1. The van der Waals surface area contributed by atoms with E-state index in [1.54, 1.807) is 6.92 Å². The first-order valence-corrected chi connectivity index (χ1v) is 6.18. The van der Waals surface area contributed by atoms with E-state index >= 15 is 0 Å². The first-order valence-electron chi connectivity index (χ1n) is 6.18. The lowest BCUT2D eigenvalue weighted by Gasteiger charge is -2.14. The summed E-state index contributed by atoms with van der Waals surface area (Å²) >= 11 is 0. The second-order valence-electron chi connectivity index (χ2n) is 4.60. The zero-order chi connectivity index (χ0) is 13.8. The highest BCUT2D eigenvalue weighted by atomic mass is 16.2. The molecule has 0 saturated heterocycles. The van der Waals surface area contributed by atoms with Crippen LogP contribution in [0.3, 0.4) is 0 Å². The number of hydrogen-bond acceptors (Lipinski definition) is 3. The van der Waals surface area contributed by atoms with E-state index in [9.17, 15) is 9.59 Å². The summed E-state index contributed by atoms with van der Waals surface area (Å²) in [5.74, 6) is -0.322. The summed E-state index contributed by atoms with van der Waals surface area (Å²) in [6, 6.07) is 6.66. The van der Waals surface area contributed by atoms with Crippen molar-refractivity contribution in [2.45, 2.75) is 25.4 Å². The summed E-state index contributed by atoms with van der Waals surface area (Å²) in [6.45, 7) is 1.59. The third kappa shape index (κ3) is 3.00. The number of aldehydes is 1. The molecule has 0 fully saturated rings. The summed E-state index contributed by atoms with van der Waals surface area (Å²) < 4.78 is 0. The highest BCUT2D eigenvalue weighted by molar-refractivity contribution is 5.85. The second kappa shape index (κ2) is 5.67. The van der Waals surface area contributed by atoms with E-state index < -0.39 is 12.1 Å². The number of amides is 1. The van der Waals surface area contributed by atoms with Crippen molar-refractivity contribution >= 4 is 23.1 Å². The van der Waals surface area contributed by atoms with Gasteiger partial charge >= 0.3 is 0 Å². The topological polar surface area (TPSA) is 88.0 Å². The van der Waals surface area contributed by atoms with Gasteiger partial charge in [-0.3, -0.25) is 4.79 Å². The maximum Gasteiger partial charge on any atom is 0.237 e. The van der Waals surface area contributed by atoms with Gasteiger partial charge in [-0.1, -0.05) is 18.2 Å². The maximum absolute atomic E-state index is 11.5. The van der Waals surface area contributed by atoms with Gasteiger partial charge < -0.3 is 20.8 Å². The van der Waals surface area contributed by atoms with Gasteiger partial charge in [0.1, 0.15) is 6.29 Å². The van der Waals surface area contributed by atoms with Gasteiger partial charge in [0, 0.05) is 23.5 Å². The third-order valence-electron chi connectivity index (χ3n) is 3.02. The SMILES string of the molecule is C[C@H](N)C(=O)N[C@H](C=O)Cc1c[nH]c2ccccc12. The van der Waals surface area contributed by atoms with Crippen LogP contribution in [-0.4, -0.2) is 29.3 Å². The summed E-state index contributed by atoms with van der Waals surface area (Å²) in [5.41, 5.74) is 7.48. The van der Waals surface area contributed by atoms with Crippen LogP contribution in [-0.2, 0) is 16.0 Å². The Balaban J connectivity index is 2.14. The van der Waals surface area contributed by atoms with Crippen LogP contribution in [0.1, 0.15) is 12.5 Å². The minimum Gasteiger partial charge on any atom is -0.361 e. The molecule has 4 N–H and O–H groups in total. The van der Waals surface area contributed by atoms with E-state index in [-0.39, 0.29) is 5.91 Å². The lowest BCUT2D eigenvalue weighted by atomic mass is 10.1. The van der Waals surface area contributed by atoms with Crippen LogP contribution in [0.25, 0.3) is 10.9 Å². The van der Waals surface area contributed by atoms with Gasteiger partial charge in [-0.15, -0.1) is 0 Å². The molecule has 1 heterocycles. The highest BCUT2D eigenvalue weighted by Gasteiger charge is 2.16. The molecule has 2 rings (SSSR count). The maximum atomic E-state index is 11.5. The van der Waals surface area contributed by atoms with Gasteiger partial charge in [0.25, 0.3) is 0 Å². The molecule has 0 radical (unpaired) electrons. The largest absolute Gasteiger partial charge is 0.361 e. The molecule has 2 atom stereocenters. The van der Waals surface area contributed by atoms with E-state index in [0.29, 0.717) is 6.42 Å². The fraction of sp³-hybridized carbons (Fsp3) is 0.286. The Morgan fingerprint density at radius 3 is 2.89 bits per heavy atom. The molecule has 1 aromatic carbocycles. The number of carbonyl (C=O) groups excluding carboxylic acids is 2. The monoisotopic (exact) mass is 259 g/mol. The van der Waals surface area contributed by atoms with E-state index in [4.69, 9.17) is 5.73 Å². The van der Waals surface area contributed by atoms with Gasteiger partial charge in [-0.25, -0.2) is 0 Å². The highest BCUT2D eigenvalue weighted by Crippen LogP contribution is 2.18. The van der Waals surface area contributed by atoms with Gasteiger partial charge in [0.15, 0.2) is 0 Å². The van der Waals surface area contributed by atoms with Crippen LogP contribution in [0.4, 0.5) is 0 Å². The fourth-order valence-electron chi connectivity index (χ4n) is 1.98. The summed E-state index contributed by atoms with van der Waals surface area (Å²) in [7, 11) is 0.